The van der Waals surface area contributed by atoms with Gasteiger partial charge in [-0.05, 0) is 39.0 Å². The second-order valence-corrected chi connectivity index (χ2v) is 4.06. The predicted molar refractivity (Wildman–Crippen MR) is 51.0 cm³/mol. The molecule has 1 aliphatic rings. The summed E-state index contributed by atoms with van der Waals surface area (Å²) in [5.74, 6) is 0.731. The molecule has 0 bridgehead atoms. The van der Waals surface area contributed by atoms with Gasteiger partial charge < -0.3 is 10.5 Å². The topological polar surface area (TPSA) is 35.2 Å². The molecule has 1 atom stereocenters. The lowest BCUT2D eigenvalue weighted by atomic mass is 9.94. The Hall–Kier alpha value is -0.0800. The van der Waals surface area contributed by atoms with Crippen LogP contribution in [0.15, 0.2) is 0 Å². The second-order valence-electron chi connectivity index (χ2n) is 4.06. The average Bonchev–Trinajstić information content (AvgIpc) is 2.82. The number of nitrogens with two attached hydrogens (primary N) is 1. The van der Waals surface area contributed by atoms with E-state index < -0.39 is 0 Å². The zero-order valence-corrected chi connectivity index (χ0v) is 8.47. The van der Waals surface area contributed by atoms with E-state index in [4.69, 9.17) is 10.5 Å². The van der Waals surface area contributed by atoms with Crippen LogP contribution in [0.3, 0.4) is 0 Å². The molecule has 2 N–H and O–H groups in total. The van der Waals surface area contributed by atoms with Crippen molar-refractivity contribution in [3.05, 3.63) is 0 Å². The molecule has 1 saturated carbocycles. The second kappa shape index (κ2) is 3.75. The third kappa shape index (κ3) is 1.99. The summed E-state index contributed by atoms with van der Waals surface area (Å²) in [6.45, 7) is 7.02. The molecule has 1 fully saturated rings. The molecule has 12 heavy (non-hydrogen) atoms. The number of hydrogen-bond donors (Lipinski definition) is 1. The lowest BCUT2D eigenvalue weighted by Crippen LogP contribution is -2.44. The zero-order chi connectivity index (χ0) is 9.19. The Morgan fingerprint density at radius 3 is 2.33 bits per heavy atom. The smallest absolute Gasteiger partial charge is 0.0832 e. The van der Waals surface area contributed by atoms with Gasteiger partial charge in [-0.25, -0.2) is 0 Å². The van der Waals surface area contributed by atoms with Crippen molar-refractivity contribution in [2.75, 3.05) is 6.54 Å². The summed E-state index contributed by atoms with van der Waals surface area (Å²) in [6.07, 6.45) is 3.95. The Morgan fingerprint density at radius 2 is 2.08 bits per heavy atom. The van der Waals surface area contributed by atoms with Gasteiger partial charge in [0, 0.05) is 6.54 Å². The highest BCUT2D eigenvalue weighted by molar-refractivity contribution is 4.96. The van der Waals surface area contributed by atoms with Crippen molar-refractivity contribution in [1.82, 2.24) is 0 Å². The van der Waals surface area contributed by atoms with Crippen molar-refractivity contribution in [2.24, 2.45) is 11.7 Å². The summed E-state index contributed by atoms with van der Waals surface area (Å²) in [5.41, 5.74) is 5.78. The maximum Gasteiger partial charge on any atom is 0.0832 e. The van der Waals surface area contributed by atoms with Crippen LogP contribution >= 0.6 is 0 Å². The molecule has 1 unspecified atom stereocenters. The van der Waals surface area contributed by atoms with Crippen LogP contribution in [0, 0.1) is 5.92 Å². The molecule has 1 rings (SSSR count). The van der Waals surface area contributed by atoms with Crippen molar-refractivity contribution in [3.8, 4) is 0 Å². The van der Waals surface area contributed by atoms with Gasteiger partial charge >= 0.3 is 0 Å². The van der Waals surface area contributed by atoms with Crippen LogP contribution in [-0.2, 0) is 4.74 Å². The van der Waals surface area contributed by atoms with Gasteiger partial charge in [0.05, 0.1) is 11.7 Å². The lowest BCUT2D eigenvalue weighted by molar-refractivity contribution is -0.0909. The van der Waals surface area contributed by atoms with E-state index in [2.05, 4.69) is 20.8 Å². The van der Waals surface area contributed by atoms with E-state index >= 15 is 0 Å². The zero-order valence-electron chi connectivity index (χ0n) is 8.47. The molecule has 0 heterocycles. The van der Waals surface area contributed by atoms with Crippen LogP contribution < -0.4 is 5.73 Å². The Balaban J connectivity index is 2.55. The van der Waals surface area contributed by atoms with Gasteiger partial charge in [-0.3, -0.25) is 0 Å². The number of rotatable bonds is 5. The molecule has 2 nitrogen and oxygen atoms in total. The number of hydrogen-bond acceptors (Lipinski definition) is 2. The van der Waals surface area contributed by atoms with Gasteiger partial charge in [0.2, 0.25) is 0 Å². The highest BCUT2D eigenvalue weighted by Gasteiger charge is 2.44. The molecule has 1 aliphatic carbocycles. The van der Waals surface area contributed by atoms with Gasteiger partial charge in [0.25, 0.3) is 0 Å². The third-order valence-corrected chi connectivity index (χ3v) is 2.74. The molecule has 0 aromatic rings. The van der Waals surface area contributed by atoms with Gasteiger partial charge in [-0.2, -0.15) is 0 Å². The highest BCUT2D eigenvalue weighted by atomic mass is 16.5. The highest BCUT2D eigenvalue weighted by Crippen LogP contribution is 2.43. The average molecular weight is 171 g/mol. The monoisotopic (exact) mass is 171 g/mol. The Kier molecular flexibility index (Phi) is 3.13. The fraction of sp³-hybridized carbons (Fsp3) is 1.00. The molecule has 0 aliphatic heterocycles. The molecule has 2 heteroatoms. The standard InChI is InChI=1S/C10H21NO/c1-4-10(7-11,9-5-6-9)12-8(2)3/h8-9H,4-7,11H2,1-3H3. The first kappa shape index (κ1) is 10.0. The van der Waals surface area contributed by atoms with Crippen LogP contribution in [0.25, 0.3) is 0 Å². The summed E-state index contributed by atoms with van der Waals surface area (Å²) in [6, 6.07) is 0. The maximum atomic E-state index is 5.94. The first-order valence-corrected chi connectivity index (χ1v) is 5.02. The molecule has 0 spiro atoms. The molecule has 0 amide bonds. The summed E-state index contributed by atoms with van der Waals surface area (Å²) >= 11 is 0. The first-order valence-electron chi connectivity index (χ1n) is 5.02. The SMILES string of the molecule is CCC(CN)(OC(C)C)C1CC1. The van der Waals surface area contributed by atoms with Crippen LogP contribution in [-0.4, -0.2) is 18.2 Å². The molecule has 0 saturated heterocycles. The van der Waals surface area contributed by atoms with Crippen molar-refractivity contribution in [2.45, 2.75) is 51.7 Å². The van der Waals surface area contributed by atoms with Crippen molar-refractivity contribution in [3.63, 3.8) is 0 Å². The van der Waals surface area contributed by atoms with Crippen molar-refractivity contribution >= 4 is 0 Å². The van der Waals surface area contributed by atoms with Crippen LogP contribution in [0.1, 0.15) is 40.0 Å². The fourth-order valence-electron chi connectivity index (χ4n) is 1.91. The Labute approximate surface area is 75.5 Å². The summed E-state index contributed by atoms with van der Waals surface area (Å²) in [5, 5.41) is 0. The van der Waals surface area contributed by atoms with Gasteiger partial charge in [0.15, 0.2) is 0 Å². The van der Waals surface area contributed by atoms with Crippen LogP contribution in [0.4, 0.5) is 0 Å². The minimum Gasteiger partial charge on any atom is -0.371 e. The molecule has 0 aromatic heterocycles. The molecule has 0 radical (unpaired) electrons. The largest absolute Gasteiger partial charge is 0.371 e. The van der Waals surface area contributed by atoms with Crippen molar-refractivity contribution < 1.29 is 4.74 Å². The fourth-order valence-corrected chi connectivity index (χ4v) is 1.91. The van der Waals surface area contributed by atoms with E-state index in [1.54, 1.807) is 0 Å². The molecule has 0 aromatic carbocycles. The van der Waals surface area contributed by atoms with E-state index in [9.17, 15) is 0 Å². The van der Waals surface area contributed by atoms with Crippen molar-refractivity contribution in [1.29, 1.82) is 0 Å². The molecule has 72 valence electrons. The first-order chi connectivity index (χ1) is 5.64. The van der Waals surface area contributed by atoms with E-state index in [1.807, 2.05) is 0 Å². The lowest BCUT2D eigenvalue weighted by Gasteiger charge is -2.33. The summed E-state index contributed by atoms with van der Waals surface area (Å²) in [7, 11) is 0. The molecular weight excluding hydrogens is 150 g/mol. The van der Waals surface area contributed by atoms with E-state index in [1.165, 1.54) is 12.8 Å². The minimum absolute atomic E-state index is 0.00579. The van der Waals surface area contributed by atoms with Gasteiger partial charge in [-0.15, -0.1) is 0 Å². The molecular formula is C10H21NO. The van der Waals surface area contributed by atoms with E-state index in [-0.39, 0.29) is 5.60 Å². The normalized spacial score (nSPS) is 22.8. The Morgan fingerprint density at radius 1 is 1.50 bits per heavy atom. The quantitative estimate of drug-likeness (QED) is 0.686. The van der Waals surface area contributed by atoms with Gasteiger partial charge in [-0.1, -0.05) is 6.92 Å². The van der Waals surface area contributed by atoms with E-state index in [0.29, 0.717) is 12.6 Å². The maximum absolute atomic E-state index is 5.94. The third-order valence-electron chi connectivity index (χ3n) is 2.74. The Bertz CT molecular complexity index is 137. The van der Waals surface area contributed by atoms with Crippen LogP contribution in [0.5, 0.6) is 0 Å². The van der Waals surface area contributed by atoms with E-state index in [0.717, 1.165) is 12.3 Å². The predicted octanol–water partition coefficient (Wildman–Crippen LogP) is 1.93. The van der Waals surface area contributed by atoms with Crippen LogP contribution in [0.2, 0.25) is 0 Å². The summed E-state index contributed by atoms with van der Waals surface area (Å²) < 4.78 is 5.94. The van der Waals surface area contributed by atoms with Gasteiger partial charge in [0.1, 0.15) is 0 Å². The minimum atomic E-state index is -0.00579. The summed E-state index contributed by atoms with van der Waals surface area (Å²) in [4.78, 5) is 0. The number of ether oxygens (including phenoxy) is 1.